The highest BCUT2D eigenvalue weighted by Crippen LogP contribution is 2.34. The van der Waals surface area contributed by atoms with Crippen molar-refractivity contribution in [1.82, 2.24) is 15.3 Å². The number of hydrogen-bond acceptors (Lipinski definition) is 6. The molecule has 7 heteroatoms. The Morgan fingerprint density at radius 3 is 2.93 bits per heavy atom. The summed E-state index contributed by atoms with van der Waals surface area (Å²) < 4.78 is 0.941. The fraction of sp³-hybridized carbons (Fsp3) is 0.364. The number of carbonyl (C=O) groups excluding carboxylic acids is 1. The van der Waals surface area contributed by atoms with Crippen molar-refractivity contribution in [1.29, 1.82) is 5.26 Å². The van der Waals surface area contributed by atoms with Crippen LogP contribution >= 0.6 is 11.3 Å². The van der Waals surface area contributed by atoms with Gasteiger partial charge < -0.3 is 10.2 Å². The van der Waals surface area contributed by atoms with Gasteiger partial charge in [0.25, 0.3) is 0 Å². The number of fused-ring (bicyclic) bond motifs is 1. The van der Waals surface area contributed by atoms with Crippen LogP contribution in [-0.2, 0) is 16.8 Å². The number of nitriles is 1. The van der Waals surface area contributed by atoms with Gasteiger partial charge in [-0.15, -0.1) is 0 Å². The van der Waals surface area contributed by atoms with E-state index < -0.39 is 5.41 Å². The van der Waals surface area contributed by atoms with Crippen LogP contribution in [0.1, 0.15) is 37.8 Å². The number of hydrogen-bond donors (Lipinski definition) is 1. The molecule has 0 radical (unpaired) electrons. The monoisotopic (exact) mass is 405 g/mol. The first-order chi connectivity index (χ1) is 14.0. The molecule has 1 N–H and O–H groups in total. The molecule has 0 saturated carbocycles. The number of anilines is 1. The van der Waals surface area contributed by atoms with Crippen molar-refractivity contribution in [2.75, 3.05) is 11.4 Å². The molecular formula is C22H23N5OS. The molecule has 1 aromatic carbocycles. The highest BCUT2D eigenvalue weighted by molar-refractivity contribution is 7.22. The van der Waals surface area contributed by atoms with Gasteiger partial charge in [0.15, 0.2) is 10.8 Å². The first kappa shape index (κ1) is 19.3. The third-order valence-electron chi connectivity index (χ3n) is 5.35. The molecule has 3 aromatic rings. The minimum Gasteiger partial charge on any atom is -0.350 e. The summed E-state index contributed by atoms with van der Waals surface area (Å²) in [6.07, 6.45) is 3.50. The van der Waals surface area contributed by atoms with Crippen molar-refractivity contribution in [2.45, 2.75) is 44.7 Å². The molecule has 0 bridgehead atoms. The molecule has 2 aromatic heterocycles. The van der Waals surface area contributed by atoms with Gasteiger partial charge in [-0.05, 0) is 43.9 Å². The van der Waals surface area contributed by atoms with Crippen molar-refractivity contribution in [2.24, 2.45) is 0 Å². The minimum absolute atomic E-state index is 0.0323. The molecule has 1 fully saturated rings. The molecule has 1 atom stereocenters. The van der Waals surface area contributed by atoms with Crippen molar-refractivity contribution >= 4 is 32.7 Å². The topological polar surface area (TPSA) is 81.9 Å². The Morgan fingerprint density at radius 1 is 1.38 bits per heavy atom. The van der Waals surface area contributed by atoms with Gasteiger partial charge in [0.2, 0.25) is 5.91 Å². The molecule has 0 spiro atoms. The van der Waals surface area contributed by atoms with Gasteiger partial charge in [-0.3, -0.25) is 4.79 Å². The van der Waals surface area contributed by atoms with Crippen LogP contribution in [0.25, 0.3) is 10.3 Å². The standard InChI is InChI=1S/C22H23N5OS/c1-22(2,14-23)16-11-18-19(24-13-16)26-21(29-18)27-10-6-9-17(27)20(28)25-12-15-7-4-3-5-8-15/h3-5,7-8,11,13,17H,6,9-10,12H2,1-2H3,(H,25,28). The zero-order valence-electron chi connectivity index (χ0n) is 16.6. The summed E-state index contributed by atoms with van der Waals surface area (Å²) in [4.78, 5) is 24.0. The summed E-state index contributed by atoms with van der Waals surface area (Å²) in [5.41, 5.74) is 2.03. The van der Waals surface area contributed by atoms with Crippen LogP contribution in [0.15, 0.2) is 42.6 Å². The lowest BCUT2D eigenvalue weighted by molar-refractivity contribution is -0.122. The smallest absolute Gasteiger partial charge is 0.243 e. The third kappa shape index (κ3) is 3.94. The molecule has 29 heavy (non-hydrogen) atoms. The first-order valence-corrected chi connectivity index (χ1v) is 10.6. The Bertz CT molecular complexity index is 1070. The van der Waals surface area contributed by atoms with E-state index >= 15 is 0 Å². The second kappa shape index (κ2) is 7.80. The quantitative estimate of drug-likeness (QED) is 0.699. The van der Waals surface area contributed by atoms with Crippen LogP contribution in [0.4, 0.5) is 5.13 Å². The molecular weight excluding hydrogens is 382 g/mol. The van der Waals surface area contributed by atoms with Gasteiger partial charge in [-0.2, -0.15) is 10.2 Å². The molecule has 1 unspecified atom stereocenters. The molecule has 4 rings (SSSR count). The first-order valence-electron chi connectivity index (χ1n) is 9.74. The predicted octanol–water partition coefficient (Wildman–Crippen LogP) is 3.78. The number of carbonyl (C=O) groups is 1. The van der Waals surface area contributed by atoms with Gasteiger partial charge >= 0.3 is 0 Å². The number of rotatable bonds is 5. The summed E-state index contributed by atoms with van der Waals surface area (Å²) >= 11 is 1.53. The fourth-order valence-corrected chi connectivity index (χ4v) is 4.55. The molecule has 1 aliphatic rings. The average Bonchev–Trinajstić information content (AvgIpc) is 3.38. The van der Waals surface area contributed by atoms with E-state index in [0.29, 0.717) is 12.2 Å². The van der Waals surface area contributed by atoms with Gasteiger partial charge in [0.05, 0.1) is 16.2 Å². The van der Waals surface area contributed by atoms with Gasteiger partial charge in [-0.25, -0.2) is 4.98 Å². The summed E-state index contributed by atoms with van der Waals surface area (Å²) in [7, 11) is 0. The Hall–Kier alpha value is -2.98. The number of nitrogens with zero attached hydrogens (tertiary/aromatic N) is 4. The molecule has 1 aliphatic heterocycles. The normalized spacial score (nSPS) is 16.7. The molecule has 0 aliphatic carbocycles. The zero-order chi connectivity index (χ0) is 20.4. The summed E-state index contributed by atoms with van der Waals surface area (Å²) in [6, 6.07) is 14.0. The maximum atomic E-state index is 12.8. The minimum atomic E-state index is -0.598. The van der Waals surface area contributed by atoms with Crippen LogP contribution in [0.3, 0.4) is 0 Å². The molecule has 148 valence electrons. The van der Waals surface area contributed by atoms with E-state index in [0.717, 1.165) is 40.3 Å². The van der Waals surface area contributed by atoms with Crippen LogP contribution in [0.5, 0.6) is 0 Å². The summed E-state index contributed by atoms with van der Waals surface area (Å²) in [6.45, 7) is 5.09. The van der Waals surface area contributed by atoms with E-state index in [2.05, 4.69) is 26.3 Å². The van der Waals surface area contributed by atoms with Crippen LogP contribution in [0, 0.1) is 11.3 Å². The number of pyridine rings is 1. The average molecular weight is 406 g/mol. The number of aromatic nitrogens is 2. The van der Waals surface area contributed by atoms with E-state index in [1.54, 1.807) is 6.20 Å². The maximum absolute atomic E-state index is 12.8. The Balaban J connectivity index is 1.53. The van der Waals surface area contributed by atoms with Gasteiger partial charge in [0, 0.05) is 19.3 Å². The van der Waals surface area contributed by atoms with E-state index in [1.807, 2.05) is 50.2 Å². The van der Waals surface area contributed by atoms with E-state index in [9.17, 15) is 10.1 Å². The third-order valence-corrected chi connectivity index (χ3v) is 6.38. The lowest BCUT2D eigenvalue weighted by Crippen LogP contribution is -2.43. The van der Waals surface area contributed by atoms with Crippen molar-refractivity contribution in [3.63, 3.8) is 0 Å². The van der Waals surface area contributed by atoms with E-state index in [-0.39, 0.29) is 11.9 Å². The Kier molecular flexibility index (Phi) is 5.20. The summed E-state index contributed by atoms with van der Waals surface area (Å²) in [5, 5.41) is 13.3. The fourth-order valence-electron chi connectivity index (χ4n) is 3.51. The predicted molar refractivity (Wildman–Crippen MR) is 115 cm³/mol. The molecule has 1 saturated heterocycles. The molecule has 3 heterocycles. The lowest BCUT2D eigenvalue weighted by atomic mass is 9.88. The number of thiazole rings is 1. The second-order valence-corrected chi connectivity index (χ2v) is 8.84. The largest absolute Gasteiger partial charge is 0.350 e. The zero-order valence-corrected chi connectivity index (χ0v) is 17.4. The van der Waals surface area contributed by atoms with E-state index in [4.69, 9.17) is 0 Å². The SMILES string of the molecule is CC(C)(C#N)c1cnc2nc(N3CCCC3C(=O)NCc3ccccc3)sc2c1. The van der Waals surface area contributed by atoms with Crippen molar-refractivity contribution < 1.29 is 4.79 Å². The van der Waals surface area contributed by atoms with Crippen molar-refractivity contribution in [3.05, 3.63) is 53.7 Å². The van der Waals surface area contributed by atoms with Crippen molar-refractivity contribution in [3.8, 4) is 6.07 Å². The number of benzene rings is 1. The molecule has 6 nitrogen and oxygen atoms in total. The van der Waals surface area contributed by atoms with Gasteiger partial charge in [-0.1, -0.05) is 41.7 Å². The van der Waals surface area contributed by atoms with E-state index in [1.165, 1.54) is 11.3 Å². The highest BCUT2D eigenvalue weighted by atomic mass is 32.1. The van der Waals surface area contributed by atoms with Crippen LogP contribution in [0.2, 0.25) is 0 Å². The Morgan fingerprint density at radius 2 is 2.17 bits per heavy atom. The number of amides is 1. The molecule has 1 amide bonds. The lowest BCUT2D eigenvalue weighted by Gasteiger charge is -2.23. The van der Waals surface area contributed by atoms with Crippen LogP contribution < -0.4 is 10.2 Å². The maximum Gasteiger partial charge on any atom is 0.243 e. The Labute approximate surface area is 174 Å². The van der Waals surface area contributed by atoms with Gasteiger partial charge in [0.1, 0.15) is 6.04 Å². The number of nitrogens with one attached hydrogen (secondary N) is 1. The highest BCUT2D eigenvalue weighted by Gasteiger charge is 2.33. The van der Waals surface area contributed by atoms with Crippen LogP contribution in [-0.4, -0.2) is 28.5 Å². The second-order valence-electron chi connectivity index (χ2n) is 7.83. The summed E-state index contributed by atoms with van der Waals surface area (Å²) in [5.74, 6) is 0.0323.